The zero-order chi connectivity index (χ0) is 7.84. The number of hydrogen-bond acceptors (Lipinski definition) is 0. The van der Waals surface area contributed by atoms with Crippen LogP contribution in [0.15, 0.2) is 6.07 Å². The summed E-state index contributed by atoms with van der Waals surface area (Å²) in [7, 11) is 0. The van der Waals surface area contributed by atoms with Gasteiger partial charge >= 0.3 is 0 Å². The maximum Gasteiger partial charge on any atom is 0.0415 e. The first-order valence-electron chi connectivity index (χ1n) is 4.13. The highest BCUT2D eigenvalue weighted by molar-refractivity contribution is 5.38. The van der Waals surface area contributed by atoms with Crippen molar-refractivity contribution in [2.75, 3.05) is 0 Å². The van der Waals surface area contributed by atoms with E-state index < -0.39 is 0 Å². The van der Waals surface area contributed by atoms with Crippen LogP contribution in [0.4, 0.5) is 0 Å². The predicted molar refractivity (Wildman–Crippen MR) is 49.6 cm³/mol. The first-order valence-corrected chi connectivity index (χ1v) is 4.13. The number of aryl methyl sites for hydroxylation is 1. The lowest BCUT2D eigenvalue weighted by Gasteiger charge is -2.03. The first kappa shape index (κ1) is 6.71. The molecule has 0 fully saturated rings. The summed E-state index contributed by atoms with van der Waals surface area (Å²) in [5.74, 6) is 0.695. The van der Waals surface area contributed by atoms with Gasteiger partial charge in [-0.3, -0.25) is 0 Å². The second kappa shape index (κ2) is 2.26. The molecule has 11 heavy (non-hydrogen) atoms. The molecule has 1 heteroatoms. The van der Waals surface area contributed by atoms with Crippen LogP contribution in [0.2, 0.25) is 0 Å². The van der Waals surface area contributed by atoms with Gasteiger partial charge in [-0.2, -0.15) is 0 Å². The van der Waals surface area contributed by atoms with Gasteiger partial charge in [-0.15, -0.1) is 0 Å². The normalized spacial score (nSPS) is 21.8. The van der Waals surface area contributed by atoms with Gasteiger partial charge in [-0.05, 0) is 30.5 Å². The summed E-state index contributed by atoms with van der Waals surface area (Å²) >= 11 is 0. The molecule has 0 amide bonds. The van der Waals surface area contributed by atoms with E-state index in [1.165, 1.54) is 22.7 Å². The molecule has 0 bridgehead atoms. The Morgan fingerprint density at radius 1 is 1.64 bits per heavy atom. The fraction of sp³-hybridized carbons (Fsp3) is 0.400. The second-order valence-electron chi connectivity index (χ2n) is 3.41. The molecular weight excluding hydrogens is 134 g/mol. The Morgan fingerprint density at radius 3 is 3.27 bits per heavy atom. The summed E-state index contributed by atoms with van der Waals surface area (Å²) in [4.78, 5) is 3.34. The molecule has 0 saturated heterocycles. The van der Waals surface area contributed by atoms with Gasteiger partial charge in [-0.1, -0.05) is 19.1 Å². The zero-order valence-corrected chi connectivity index (χ0v) is 7.02. The minimum atomic E-state index is 0. The van der Waals surface area contributed by atoms with E-state index in [4.69, 9.17) is 0 Å². The Bertz CT molecular complexity index is 375. The van der Waals surface area contributed by atoms with Gasteiger partial charge in [0, 0.05) is 12.5 Å². The van der Waals surface area contributed by atoms with Gasteiger partial charge in [0.1, 0.15) is 0 Å². The molecule has 0 saturated carbocycles. The van der Waals surface area contributed by atoms with E-state index in [1.54, 1.807) is 0 Å². The van der Waals surface area contributed by atoms with Crippen molar-refractivity contribution in [1.82, 2.24) is 4.98 Å². The van der Waals surface area contributed by atoms with Crippen LogP contribution < -0.4 is 10.6 Å². The van der Waals surface area contributed by atoms with Crippen LogP contribution >= 0.6 is 0 Å². The molecule has 60 valence electrons. The number of rotatable bonds is 0. The highest BCUT2D eigenvalue weighted by atomic mass is 14.7. The summed E-state index contributed by atoms with van der Waals surface area (Å²) in [5, 5.41) is 2.68. The van der Waals surface area contributed by atoms with Crippen molar-refractivity contribution < 1.29 is 1.43 Å². The molecule has 1 nitrogen and oxygen atoms in total. The lowest BCUT2D eigenvalue weighted by molar-refractivity contribution is 0.797. The Hall–Kier alpha value is -0.980. The molecule has 1 atom stereocenters. The van der Waals surface area contributed by atoms with Gasteiger partial charge in [0.15, 0.2) is 0 Å². The number of hydrogen-bond donors (Lipinski definition) is 1. The second-order valence-corrected chi connectivity index (χ2v) is 3.41. The Morgan fingerprint density at radius 2 is 2.45 bits per heavy atom. The minimum absolute atomic E-state index is 0. The van der Waals surface area contributed by atoms with E-state index in [0.29, 0.717) is 5.92 Å². The lowest BCUT2D eigenvalue weighted by Crippen LogP contribution is -2.26. The molecule has 0 aliphatic heterocycles. The van der Waals surface area contributed by atoms with Crippen molar-refractivity contribution in [3.63, 3.8) is 0 Å². The molecule has 1 aliphatic carbocycles. The highest BCUT2D eigenvalue weighted by Gasteiger charge is 2.01. The molecule has 0 radical (unpaired) electrons. The van der Waals surface area contributed by atoms with E-state index in [2.05, 4.69) is 37.0 Å². The zero-order valence-electron chi connectivity index (χ0n) is 7.02. The number of nitrogens with one attached hydrogen (secondary N) is 1. The van der Waals surface area contributed by atoms with Crippen molar-refractivity contribution in [2.24, 2.45) is 5.92 Å². The van der Waals surface area contributed by atoms with Gasteiger partial charge in [0.2, 0.25) is 0 Å². The van der Waals surface area contributed by atoms with E-state index in [-0.39, 0.29) is 1.43 Å². The van der Waals surface area contributed by atoms with Gasteiger partial charge in [-0.25, -0.2) is 0 Å². The molecule has 1 aromatic rings. The summed E-state index contributed by atoms with van der Waals surface area (Å²) in [5.41, 5.74) is 1.26. The maximum absolute atomic E-state index is 3.34. The Kier molecular flexibility index (Phi) is 1.38. The van der Waals surface area contributed by atoms with Crippen LogP contribution in [0.1, 0.15) is 20.5 Å². The average Bonchev–Trinajstić information content (AvgIpc) is 2.27. The van der Waals surface area contributed by atoms with Crippen molar-refractivity contribution in [1.29, 1.82) is 0 Å². The third kappa shape index (κ3) is 1.11. The van der Waals surface area contributed by atoms with E-state index in [9.17, 15) is 0 Å². The van der Waals surface area contributed by atoms with E-state index in [1.807, 2.05) is 0 Å². The topological polar surface area (TPSA) is 15.8 Å². The first-order chi connectivity index (χ1) is 5.25. The van der Waals surface area contributed by atoms with Gasteiger partial charge in [0.05, 0.1) is 0 Å². The smallest absolute Gasteiger partial charge is 0.0415 e. The molecule has 2 rings (SSSR count). The Labute approximate surface area is 67.9 Å². The fourth-order valence-electron chi connectivity index (χ4n) is 1.60. The molecule has 0 spiro atoms. The summed E-state index contributed by atoms with van der Waals surface area (Å²) < 4.78 is 0. The van der Waals surface area contributed by atoms with Crippen LogP contribution in [-0.2, 0) is 0 Å². The Balaban J connectivity index is 0.000000720. The van der Waals surface area contributed by atoms with Crippen LogP contribution in [0, 0.1) is 12.8 Å². The molecular formula is C10H15N. The number of fused-ring (bicyclic) bond motifs is 1. The minimum Gasteiger partial charge on any atom is -0.359 e. The van der Waals surface area contributed by atoms with E-state index >= 15 is 0 Å². The fourth-order valence-corrected chi connectivity index (χ4v) is 1.60. The summed E-state index contributed by atoms with van der Waals surface area (Å²) in [6.45, 7) is 4.35. The predicted octanol–water partition coefficient (Wildman–Crippen LogP) is 1.17. The number of H-pyrrole nitrogens is 1. The molecule has 1 aliphatic rings. The van der Waals surface area contributed by atoms with Crippen molar-refractivity contribution in [3.05, 3.63) is 22.3 Å². The third-order valence-electron chi connectivity index (χ3n) is 2.18. The number of aromatic nitrogens is 1. The number of aromatic amines is 1. The molecule has 0 aromatic carbocycles. The van der Waals surface area contributed by atoms with Crippen LogP contribution in [-0.4, -0.2) is 4.98 Å². The molecule has 1 heterocycles. The van der Waals surface area contributed by atoms with Crippen molar-refractivity contribution in [2.45, 2.75) is 20.3 Å². The van der Waals surface area contributed by atoms with Crippen LogP contribution in [0.3, 0.4) is 0 Å². The molecule has 1 unspecified atom stereocenters. The third-order valence-corrected chi connectivity index (χ3v) is 2.18. The largest absolute Gasteiger partial charge is 0.359 e. The van der Waals surface area contributed by atoms with Gasteiger partial charge in [0.25, 0.3) is 0 Å². The van der Waals surface area contributed by atoms with Crippen molar-refractivity contribution >= 4 is 12.2 Å². The van der Waals surface area contributed by atoms with E-state index in [0.717, 1.165) is 0 Å². The average molecular weight is 149 g/mol. The molecule has 1 N–H and O–H groups in total. The molecule has 1 aromatic heterocycles. The maximum atomic E-state index is 3.34. The standard InChI is InChI=1S/C10H13N.H2/c1-7-3-4-9-6-8(2)11-10(9)5-7;/h4-7,11H,3H2,1-2H3;1H. The SMILES string of the molecule is Cc1cc2c([nH]1)=CC(C)CC=2.[HH]. The van der Waals surface area contributed by atoms with Crippen molar-refractivity contribution in [3.8, 4) is 0 Å². The lowest BCUT2D eigenvalue weighted by atomic mass is 10.0. The van der Waals surface area contributed by atoms with Crippen LogP contribution in [0.25, 0.3) is 12.2 Å². The highest BCUT2D eigenvalue weighted by Crippen LogP contribution is 2.05. The monoisotopic (exact) mass is 149 g/mol. The van der Waals surface area contributed by atoms with Gasteiger partial charge < -0.3 is 4.98 Å². The quantitative estimate of drug-likeness (QED) is 0.570. The summed E-state index contributed by atoms with van der Waals surface area (Å²) in [6.07, 6.45) is 5.80. The van der Waals surface area contributed by atoms with Crippen LogP contribution in [0.5, 0.6) is 0 Å². The summed E-state index contributed by atoms with van der Waals surface area (Å²) in [6, 6.07) is 2.21.